The largest absolute Gasteiger partial charge is 0.489 e. The van der Waals surface area contributed by atoms with Crippen LogP contribution in [0.5, 0.6) is 5.75 Å². The van der Waals surface area contributed by atoms with Crippen LogP contribution >= 0.6 is 22.9 Å². The molecular weight excluding hydrogens is 242 g/mol. The maximum atomic E-state index is 5.92. The molecule has 0 aromatic carbocycles. The van der Waals surface area contributed by atoms with E-state index in [1.807, 2.05) is 11.4 Å². The second-order valence-electron chi connectivity index (χ2n) is 4.67. The quantitative estimate of drug-likeness (QED) is 0.823. The monoisotopic (exact) mass is 257 g/mol. The summed E-state index contributed by atoms with van der Waals surface area (Å²) in [4.78, 5) is 2.61. The molecule has 1 saturated carbocycles. The average molecular weight is 258 g/mol. The van der Waals surface area contributed by atoms with E-state index in [-0.39, 0.29) is 0 Å². The number of piperidine rings is 1. The van der Waals surface area contributed by atoms with E-state index in [0.29, 0.717) is 6.10 Å². The topological polar surface area (TPSA) is 12.5 Å². The van der Waals surface area contributed by atoms with Gasteiger partial charge >= 0.3 is 0 Å². The van der Waals surface area contributed by atoms with Gasteiger partial charge in [-0.1, -0.05) is 11.6 Å². The normalized spacial score (nSPS) is 23.6. The molecule has 3 rings (SSSR count). The summed E-state index contributed by atoms with van der Waals surface area (Å²) in [7, 11) is 0. The molecule has 0 atom stereocenters. The second-order valence-corrected chi connectivity index (χ2v) is 6.21. The molecule has 1 aliphatic carbocycles. The zero-order chi connectivity index (χ0) is 11.0. The lowest BCUT2D eigenvalue weighted by Crippen LogP contribution is -2.39. The highest BCUT2D eigenvalue weighted by molar-refractivity contribution is 7.14. The molecule has 0 N–H and O–H groups in total. The summed E-state index contributed by atoms with van der Waals surface area (Å²) in [6, 6.07) is 2.82. The third kappa shape index (κ3) is 2.53. The van der Waals surface area contributed by atoms with Gasteiger partial charge in [-0.15, -0.1) is 11.3 Å². The van der Waals surface area contributed by atoms with Crippen molar-refractivity contribution in [1.82, 2.24) is 4.90 Å². The first-order valence-electron chi connectivity index (χ1n) is 5.96. The van der Waals surface area contributed by atoms with Crippen LogP contribution in [0.3, 0.4) is 0 Å². The van der Waals surface area contributed by atoms with Crippen LogP contribution in [0, 0.1) is 0 Å². The molecule has 1 aliphatic heterocycles. The van der Waals surface area contributed by atoms with Gasteiger partial charge in [-0.2, -0.15) is 0 Å². The van der Waals surface area contributed by atoms with E-state index in [9.17, 15) is 0 Å². The molecule has 2 aliphatic rings. The van der Waals surface area contributed by atoms with Crippen molar-refractivity contribution in [1.29, 1.82) is 0 Å². The summed E-state index contributed by atoms with van der Waals surface area (Å²) in [5.41, 5.74) is 0. The summed E-state index contributed by atoms with van der Waals surface area (Å²) < 4.78 is 6.73. The predicted molar refractivity (Wildman–Crippen MR) is 67.6 cm³/mol. The number of likely N-dealkylation sites (tertiary alicyclic amines) is 1. The number of halogens is 1. The third-order valence-corrected chi connectivity index (χ3v) is 4.46. The van der Waals surface area contributed by atoms with E-state index in [1.54, 1.807) is 0 Å². The molecule has 0 amide bonds. The van der Waals surface area contributed by atoms with Crippen LogP contribution in [0.25, 0.3) is 0 Å². The van der Waals surface area contributed by atoms with Crippen molar-refractivity contribution in [3.8, 4) is 5.75 Å². The van der Waals surface area contributed by atoms with E-state index in [0.717, 1.165) is 29.0 Å². The van der Waals surface area contributed by atoms with Gasteiger partial charge in [0.25, 0.3) is 0 Å². The molecule has 2 heterocycles. The standard InChI is InChI=1S/C12H16ClNOS/c13-12-7-11(8-16-12)15-10-3-5-14(6-4-10)9-1-2-9/h7-10H,1-6H2. The van der Waals surface area contributed by atoms with Gasteiger partial charge in [-0.25, -0.2) is 0 Å². The van der Waals surface area contributed by atoms with Crippen molar-refractivity contribution < 1.29 is 4.74 Å². The Balaban J connectivity index is 1.50. The minimum atomic E-state index is 0.390. The molecule has 1 aromatic rings. The number of hydrogen-bond acceptors (Lipinski definition) is 3. The van der Waals surface area contributed by atoms with Gasteiger partial charge in [0.15, 0.2) is 0 Å². The first-order valence-corrected chi connectivity index (χ1v) is 7.22. The first kappa shape index (κ1) is 10.9. The van der Waals surface area contributed by atoms with Crippen molar-refractivity contribution in [2.24, 2.45) is 0 Å². The highest BCUT2D eigenvalue weighted by Gasteiger charge is 2.32. The zero-order valence-electron chi connectivity index (χ0n) is 9.19. The van der Waals surface area contributed by atoms with Gasteiger partial charge in [0.1, 0.15) is 11.9 Å². The molecule has 2 fully saturated rings. The molecule has 2 nitrogen and oxygen atoms in total. The number of nitrogens with zero attached hydrogens (tertiary/aromatic N) is 1. The summed E-state index contributed by atoms with van der Waals surface area (Å²) in [6.07, 6.45) is 5.52. The zero-order valence-corrected chi connectivity index (χ0v) is 10.8. The van der Waals surface area contributed by atoms with Crippen molar-refractivity contribution in [2.75, 3.05) is 13.1 Å². The number of thiophene rings is 1. The Kier molecular flexibility index (Phi) is 3.09. The minimum absolute atomic E-state index is 0.390. The van der Waals surface area contributed by atoms with Crippen LogP contribution in [-0.4, -0.2) is 30.1 Å². The molecule has 16 heavy (non-hydrogen) atoms. The van der Waals surface area contributed by atoms with Gasteiger partial charge in [0.2, 0.25) is 0 Å². The molecule has 0 spiro atoms. The van der Waals surface area contributed by atoms with E-state index in [1.165, 1.54) is 37.3 Å². The van der Waals surface area contributed by atoms with Gasteiger partial charge in [0.05, 0.1) is 4.34 Å². The third-order valence-electron chi connectivity index (χ3n) is 3.39. The average Bonchev–Trinajstić information content (AvgIpc) is 3.05. The lowest BCUT2D eigenvalue weighted by atomic mass is 10.1. The smallest absolute Gasteiger partial charge is 0.131 e. The highest BCUT2D eigenvalue weighted by atomic mass is 35.5. The fourth-order valence-corrected chi connectivity index (χ4v) is 3.12. The lowest BCUT2D eigenvalue weighted by Gasteiger charge is -2.31. The van der Waals surface area contributed by atoms with Crippen molar-refractivity contribution in [2.45, 2.75) is 37.8 Å². The van der Waals surface area contributed by atoms with Crippen LogP contribution in [-0.2, 0) is 0 Å². The Morgan fingerprint density at radius 2 is 2.00 bits per heavy atom. The van der Waals surface area contributed by atoms with Gasteiger partial charge < -0.3 is 9.64 Å². The Morgan fingerprint density at radius 3 is 2.56 bits per heavy atom. The Bertz CT molecular complexity index is 356. The van der Waals surface area contributed by atoms with Crippen LogP contribution < -0.4 is 4.74 Å². The number of hydrogen-bond donors (Lipinski definition) is 0. The van der Waals surface area contributed by atoms with E-state index >= 15 is 0 Å². The highest BCUT2D eigenvalue weighted by Crippen LogP contribution is 2.31. The minimum Gasteiger partial charge on any atom is -0.489 e. The van der Waals surface area contributed by atoms with E-state index < -0.39 is 0 Å². The van der Waals surface area contributed by atoms with Gasteiger partial charge in [0, 0.05) is 30.6 Å². The van der Waals surface area contributed by atoms with E-state index in [4.69, 9.17) is 16.3 Å². The Hall–Kier alpha value is -0.250. The number of ether oxygens (including phenoxy) is 1. The molecule has 0 unspecified atom stereocenters. The fourth-order valence-electron chi connectivity index (χ4n) is 2.35. The van der Waals surface area contributed by atoms with Crippen molar-refractivity contribution >= 4 is 22.9 Å². The SMILES string of the molecule is Clc1cc(OC2CCN(C3CC3)CC2)cs1. The Labute approximate surface area is 105 Å². The summed E-state index contributed by atoms with van der Waals surface area (Å²) >= 11 is 7.42. The van der Waals surface area contributed by atoms with Crippen LogP contribution in [0.1, 0.15) is 25.7 Å². The first-order chi connectivity index (χ1) is 7.81. The van der Waals surface area contributed by atoms with Crippen molar-refractivity contribution in [3.05, 3.63) is 15.8 Å². The fraction of sp³-hybridized carbons (Fsp3) is 0.667. The molecule has 1 aromatic heterocycles. The summed E-state index contributed by atoms with van der Waals surface area (Å²) in [5.74, 6) is 0.944. The molecule has 0 radical (unpaired) electrons. The maximum absolute atomic E-state index is 5.92. The van der Waals surface area contributed by atoms with Gasteiger partial charge in [-0.05, 0) is 25.7 Å². The molecule has 88 valence electrons. The second kappa shape index (κ2) is 4.55. The molecular formula is C12H16ClNOS. The van der Waals surface area contributed by atoms with Crippen LogP contribution in [0.4, 0.5) is 0 Å². The molecule has 1 saturated heterocycles. The number of rotatable bonds is 3. The maximum Gasteiger partial charge on any atom is 0.131 e. The Morgan fingerprint density at radius 1 is 1.25 bits per heavy atom. The summed E-state index contributed by atoms with van der Waals surface area (Å²) in [5, 5.41) is 2.00. The molecule has 0 bridgehead atoms. The van der Waals surface area contributed by atoms with Crippen LogP contribution in [0.15, 0.2) is 11.4 Å². The van der Waals surface area contributed by atoms with E-state index in [2.05, 4.69) is 4.90 Å². The summed E-state index contributed by atoms with van der Waals surface area (Å²) in [6.45, 7) is 2.40. The lowest BCUT2D eigenvalue weighted by molar-refractivity contribution is 0.0969. The van der Waals surface area contributed by atoms with Gasteiger partial charge in [-0.3, -0.25) is 0 Å². The van der Waals surface area contributed by atoms with Crippen LogP contribution in [0.2, 0.25) is 4.34 Å². The molecule has 4 heteroatoms. The van der Waals surface area contributed by atoms with Crippen molar-refractivity contribution in [3.63, 3.8) is 0 Å². The predicted octanol–water partition coefficient (Wildman–Crippen LogP) is 3.41.